The summed E-state index contributed by atoms with van der Waals surface area (Å²) in [6.07, 6.45) is 46.6. The van der Waals surface area contributed by atoms with Crippen LogP contribution in [0.25, 0.3) is 0 Å². The fourth-order valence-electron chi connectivity index (χ4n) is 5.71. The maximum Gasteiger partial charge on any atom is 0.267 e. The van der Waals surface area contributed by atoms with E-state index in [0.717, 1.165) is 51.4 Å². The van der Waals surface area contributed by atoms with Gasteiger partial charge >= 0.3 is 0 Å². The smallest absolute Gasteiger partial charge is 0.267 e. The highest BCUT2D eigenvalue weighted by molar-refractivity contribution is 7.85. The zero-order valence-corrected chi connectivity index (χ0v) is 31.9. The molecule has 0 rings (SSSR count). The molecule has 0 aromatic rings. The molecule has 0 radical (unpaired) electrons. The van der Waals surface area contributed by atoms with E-state index in [1.165, 1.54) is 109 Å². The Morgan fingerprint density at radius 1 is 0.542 bits per heavy atom. The van der Waals surface area contributed by atoms with E-state index in [2.05, 4.69) is 55.6 Å². The van der Waals surface area contributed by atoms with Crippen molar-refractivity contribution in [2.75, 3.05) is 5.75 Å². The normalized spacial score (nSPS) is 13.8. The molecule has 0 fully saturated rings. The van der Waals surface area contributed by atoms with E-state index < -0.39 is 28.0 Å². The molecule has 0 saturated heterocycles. The van der Waals surface area contributed by atoms with Crippen LogP contribution in [-0.4, -0.2) is 41.9 Å². The summed E-state index contributed by atoms with van der Waals surface area (Å²) in [4.78, 5) is 12.5. The Hall–Kier alpha value is -1.70. The van der Waals surface area contributed by atoms with Crippen LogP contribution in [0.15, 0.2) is 48.6 Å². The number of aliphatic hydroxyl groups excluding tert-OH is 1. The molecule has 280 valence electrons. The lowest BCUT2D eigenvalue weighted by Gasteiger charge is -2.21. The molecule has 2 atom stereocenters. The summed E-state index contributed by atoms with van der Waals surface area (Å²) in [6.45, 7) is 4.50. The Morgan fingerprint density at radius 2 is 0.896 bits per heavy atom. The number of allylic oxidation sites excluding steroid dienone is 7. The molecule has 48 heavy (non-hydrogen) atoms. The molecule has 3 N–H and O–H groups in total. The van der Waals surface area contributed by atoms with Crippen LogP contribution in [0.5, 0.6) is 0 Å². The first-order valence-corrected chi connectivity index (χ1v) is 21.4. The van der Waals surface area contributed by atoms with E-state index in [0.29, 0.717) is 12.8 Å². The van der Waals surface area contributed by atoms with Crippen molar-refractivity contribution in [3.63, 3.8) is 0 Å². The van der Waals surface area contributed by atoms with Crippen molar-refractivity contribution in [2.24, 2.45) is 0 Å². The van der Waals surface area contributed by atoms with Gasteiger partial charge in [0.2, 0.25) is 5.91 Å². The Labute approximate surface area is 297 Å². The molecule has 0 aromatic carbocycles. The average Bonchev–Trinajstić information content (AvgIpc) is 3.05. The minimum Gasteiger partial charge on any atom is -0.387 e. The minimum absolute atomic E-state index is 0.274. The highest BCUT2D eigenvalue weighted by Gasteiger charge is 2.24. The molecule has 0 saturated carbocycles. The molecule has 0 aliphatic heterocycles. The number of hydrogen-bond acceptors (Lipinski definition) is 4. The Morgan fingerprint density at radius 3 is 1.31 bits per heavy atom. The summed E-state index contributed by atoms with van der Waals surface area (Å²) in [5, 5.41) is 13.2. The van der Waals surface area contributed by atoms with Crippen LogP contribution in [0.2, 0.25) is 0 Å². The number of rotatable bonds is 35. The quantitative estimate of drug-likeness (QED) is 0.0348. The van der Waals surface area contributed by atoms with Crippen LogP contribution in [0.3, 0.4) is 0 Å². The number of carbonyl (C=O) groups is 1. The number of carbonyl (C=O) groups excluding carboxylic acids is 1. The molecule has 0 aliphatic carbocycles. The van der Waals surface area contributed by atoms with Crippen LogP contribution in [0.4, 0.5) is 0 Å². The molecule has 0 aliphatic rings. The predicted molar refractivity (Wildman–Crippen MR) is 207 cm³/mol. The lowest BCUT2D eigenvalue weighted by Crippen LogP contribution is -2.46. The van der Waals surface area contributed by atoms with Gasteiger partial charge in [-0.3, -0.25) is 9.35 Å². The summed E-state index contributed by atoms with van der Waals surface area (Å²) in [6, 6.07) is -1.08. The Balaban J connectivity index is 4.05. The monoisotopic (exact) mass is 694 g/mol. The summed E-state index contributed by atoms with van der Waals surface area (Å²) in [5.74, 6) is -1.02. The second kappa shape index (κ2) is 35.1. The lowest BCUT2D eigenvalue weighted by atomic mass is 10.1. The van der Waals surface area contributed by atoms with Gasteiger partial charge in [-0.2, -0.15) is 8.42 Å². The van der Waals surface area contributed by atoms with Crippen LogP contribution < -0.4 is 5.32 Å². The zero-order valence-electron chi connectivity index (χ0n) is 31.1. The van der Waals surface area contributed by atoms with Crippen molar-refractivity contribution in [3.05, 3.63) is 48.6 Å². The summed E-state index contributed by atoms with van der Waals surface area (Å²) >= 11 is 0. The first-order valence-electron chi connectivity index (χ1n) is 19.8. The van der Waals surface area contributed by atoms with Crippen molar-refractivity contribution in [1.82, 2.24) is 5.32 Å². The molecule has 0 spiro atoms. The minimum atomic E-state index is -4.36. The van der Waals surface area contributed by atoms with E-state index >= 15 is 0 Å². The standard InChI is InChI=1S/C41H75NO5S/c1-3-5-7-9-11-13-15-17-19-20-21-23-24-26-28-30-32-34-36-40(43)39(38-48(45,46)47)42-41(44)37-35-33-31-29-27-25-22-18-16-14-12-10-8-6-4-2/h18,20-22,26,28,34,36,39-40,43H,3-17,19,23-25,27,29-33,35,37-38H2,1-2H3,(H,42,44)(H,45,46,47)/b21-20+,22-18-,28-26+,36-34+. The number of unbranched alkanes of at least 4 members (excludes halogenated alkanes) is 21. The summed E-state index contributed by atoms with van der Waals surface area (Å²) < 4.78 is 32.4. The molecule has 7 heteroatoms. The van der Waals surface area contributed by atoms with E-state index in [9.17, 15) is 22.9 Å². The molecular formula is C41H75NO5S. The first-order chi connectivity index (χ1) is 23.3. The van der Waals surface area contributed by atoms with Crippen molar-refractivity contribution >= 4 is 16.0 Å². The summed E-state index contributed by atoms with van der Waals surface area (Å²) in [5.41, 5.74) is 0. The number of amides is 1. The van der Waals surface area contributed by atoms with Crippen molar-refractivity contribution in [2.45, 2.75) is 199 Å². The highest BCUT2D eigenvalue weighted by Crippen LogP contribution is 2.12. The first kappa shape index (κ1) is 46.3. The molecule has 6 nitrogen and oxygen atoms in total. The van der Waals surface area contributed by atoms with Crippen molar-refractivity contribution in [1.29, 1.82) is 0 Å². The third-order valence-corrected chi connectivity index (χ3v) is 9.49. The van der Waals surface area contributed by atoms with E-state index in [4.69, 9.17) is 0 Å². The molecule has 0 bridgehead atoms. The maximum absolute atomic E-state index is 12.5. The third kappa shape index (κ3) is 35.6. The van der Waals surface area contributed by atoms with Crippen molar-refractivity contribution < 1.29 is 22.9 Å². The topological polar surface area (TPSA) is 104 Å². The predicted octanol–water partition coefficient (Wildman–Crippen LogP) is 11.5. The van der Waals surface area contributed by atoms with Crippen LogP contribution in [-0.2, 0) is 14.9 Å². The molecule has 0 aromatic heterocycles. The average molecular weight is 694 g/mol. The van der Waals surface area contributed by atoms with Crippen molar-refractivity contribution in [3.8, 4) is 0 Å². The van der Waals surface area contributed by atoms with Crippen LogP contribution in [0, 0.1) is 0 Å². The second-order valence-electron chi connectivity index (χ2n) is 13.5. The van der Waals surface area contributed by atoms with Gasteiger partial charge in [-0.25, -0.2) is 0 Å². The summed E-state index contributed by atoms with van der Waals surface area (Å²) in [7, 11) is -4.36. The zero-order chi connectivity index (χ0) is 35.4. The lowest BCUT2D eigenvalue weighted by molar-refractivity contribution is -0.122. The van der Waals surface area contributed by atoms with Gasteiger partial charge in [0, 0.05) is 6.42 Å². The van der Waals surface area contributed by atoms with E-state index in [-0.39, 0.29) is 12.3 Å². The van der Waals surface area contributed by atoms with Crippen LogP contribution in [0.1, 0.15) is 187 Å². The number of hydrogen-bond donors (Lipinski definition) is 3. The van der Waals surface area contributed by atoms with Gasteiger partial charge in [0.1, 0.15) is 0 Å². The second-order valence-corrected chi connectivity index (χ2v) is 15.0. The van der Waals surface area contributed by atoms with Gasteiger partial charge in [-0.15, -0.1) is 0 Å². The van der Waals surface area contributed by atoms with E-state index in [1.807, 2.05) is 0 Å². The molecule has 2 unspecified atom stereocenters. The van der Waals surface area contributed by atoms with E-state index in [1.54, 1.807) is 6.08 Å². The fourth-order valence-corrected chi connectivity index (χ4v) is 6.44. The van der Waals surface area contributed by atoms with Gasteiger partial charge in [-0.1, -0.05) is 159 Å². The SMILES string of the molecule is CCCCCCCC/C=C\CCCCCCCC(=O)NC(CS(=O)(=O)O)C(O)/C=C/CC/C=C/CC/C=C/CCCCCCCCCC. The third-order valence-electron chi connectivity index (χ3n) is 8.71. The number of nitrogens with one attached hydrogen (secondary N) is 1. The molecule has 1 amide bonds. The van der Waals surface area contributed by atoms with Crippen LogP contribution >= 0.6 is 0 Å². The maximum atomic E-state index is 12.5. The molecule has 0 heterocycles. The van der Waals surface area contributed by atoms with Gasteiger partial charge < -0.3 is 10.4 Å². The Bertz CT molecular complexity index is 940. The number of aliphatic hydroxyl groups is 1. The fraction of sp³-hybridized carbons (Fsp3) is 0.780. The van der Waals surface area contributed by atoms with Gasteiger partial charge in [0.05, 0.1) is 17.9 Å². The van der Waals surface area contributed by atoms with Gasteiger partial charge in [-0.05, 0) is 70.6 Å². The van der Waals surface area contributed by atoms with Gasteiger partial charge in [0.25, 0.3) is 10.1 Å². The largest absolute Gasteiger partial charge is 0.387 e. The molecular weight excluding hydrogens is 619 g/mol. The van der Waals surface area contributed by atoms with Gasteiger partial charge in [0.15, 0.2) is 0 Å². The highest BCUT2D eigenvalue weighted by atomic mass is 32.2. The Kier molecular flexibility index (Phi) is 33.9.